The molecule has 1 nitrogen and oxygen atoms in total. The van der Waals surface area contributed by atoms with Crippen LogP contribution in [0.2, 0.25) is 0 Å². The maximum atomic E-state index is 5.83. The number of alkyl halides is 1. The summed E-state index contributed by atoms with van der Waals surface area (Å²) in [5, 5.41) is 1.23. The molecule has 1 heterocycles. The van der Waals surface area contributed by atoms with E-state index < -0.39 is 0 Å². The molecule has 0 atom stereocenters. The lowest BCUT2D eigenvalue weighted by molar-refractivity contribution is 1.46. The van der Waals surface area contributed by atoms with Gasteiger partial charge in [-0.1, -0.05) is 0 Å². The van der Waals surface area contributed by atoms with E-state index in [2.05, 4.69) is 28.7 Å². The Morgan fingerprint density at radius 2 is 2.15 bits per heavy atom. The molecule has 13 heavy (non-hydrogen) atoms. The highest BCUT2D eigenvalue weighted by Crippen LogP contribution is 2.32. The Labute approximate surface area is 99.0 Å². The zero-order chi connectivity index (χ0) is 9.42. The van der Waals surface area contributed by atoms with Crippen LogP contribution in [0.4, 0.5) is 5.69 Å². The van der Waals surface area contributed by atoms with E-state index in [9.17, 15) is 0 Å². The molecule has 0 saturated heterocycles. The normalized spacial score (nSPS) is 10.9. The fraction of sp³-hybridized carbons (Fsp3) is 0.111. The summed E-state index contributed by atoms with van der Waals surface area (Å²) in [7, 11) is 0. The van der Waals surface area contributed by atoms with Crippen molar-refractivity contribution < 1.29 is 0 Å². The first-order valence-electron chi connectivity index (χ1n) is 3.74. The summed E-state index contributed by atoms with van der Waals surface area (Å²) in [6.45, 7) is 0. The lowest BCUT2D eigenvalue weighted by atomic mass is 10.1. The summed E-state index contributed by atoms with van der Waals surface area (Å²) in [6, 6.07) is 6.09. The quantitative estimate of drug-likeness (QED) is 0.482. The van der Waals surface area contributed by atoms with Gasteiger partial charge >= 0.3 is 0 Å². The van der Waals surface area contributed by atoms with Gasteiger partial charge in [0.25, 0.3) is 0 Å². The monoisotopic (exact) mass is 323 g/mol. The molecule has 0 aliphatic rings. The molecule has 0 amide bonds. The van der Waals surface area contributed by atoms with Crippen LogP contribution >= 0.6 is 45.5 Å². The van der Waals surface area contributed by atoms with Gasteiger partial charge in [0, 0.05) is 16.3 Å². The van der Waals surface area contributed by atoms with Gasteiger partial charge in [-0.05, 0) is 51.7 Å². The van der Waals surface area contributed by atoms with E-state index in [1.54, 1.807) is 11.3 Å². The van der Waals surface area contributed by atoms with Crippen molar-refractivity contribution in [2.24, 2.45) is 0 Å². The first-order valence-corrected chi connectivity index (χ1v) is 6.17. The Hall–Kier alpha value is -0.000000000000000111. The van der Waals surface area contributed by atoms with Crippen LogP contribution in [0.15, 0.2) is 18.2 Å². The zero-order valence-electron chi connectivity index (χ0n) is 6.68. The molecule has 1 aromatic heterocycles. The molecule has 0 bridgehead atoms. The van der Waals surface area contributed by atoms with Gasteiger partial charge in [-0.3, -0.25) is 0 Å². The number of anilines is 1. The van der Waals surface area contributed by atoms with Crippen molar-refractivity contribution in [1.29, 1.82) is 0 Å². The maximum Gasteiger partial charge on any atom is 0.0666 e. The Morgan fingerprint density at radius 3 is 2.85 bits per heavy atom. The lowest BCUT2D eigenvalue weighted by Crippen LogP contribution is -1.86. The zero-order valence-corrected chi connectivity index (χ0v) is 10.4. The Bertz CT molecular complexity index is 452. The first-order chi connectivity index (χ1) is 6.20. The summed E-state index contributed by atoms with van der Waals surface area (Å²) >= 11 is 9.89. The average molecular weight is 324 g/mol. The minimum Gasteiger partial charge on any atom is -0.399 e. The highest BCUT2D eigenvalue weighted by atomic mass is 127. The first kappa shape index (κ1) is 9.55. The van der Waals surface area contributed by atoms with Crippen LogP contribution in [0.1, 0.15) is 5.56 Å². The molecule has 0 spiro atoms. The molecule has 0 radical (unpaired) electrons. The van der Waals surface area contributed by atoms with Crippen LogP contribution < -0.4 is 5.73 Å². The lowest BCUT2D eigenvalue weighted by Gasteiger charge is -1.99. The van der Waals surface area contributed by atoms with E-state index in [4.69, 9.17) is 17.3 Å². The highest BCUT2D eigenvalue weighted by molar-refractivity contribution is 14.1. The van der Waals surface area contributed by atoms with Crippen LogP contribution in [0.3, 0.4) is 0 Å². The van der Waals surface area contributed by atoms with E-state index in [0.29, 0.717) is 5.88 Å². The molecule has 2 aromatic rings. The second kappa shape index (κ2) is 3.63. The third kappa shape index (κ3) is 1.78. The molecule has 2 rings (SSSR count). The average Bonchev–Trinajstić information content (AvgIpc) is 2.43. The maximum absolute atomic E-state index is 5.83. The van der Waals surface area contributed by atoms with Crippen LogP contribution in [-0.4, -0.2) is 0 Å². The topological polar surface area (TPSA) is 26.0 Å². The number of nitrogens with two attached hydrogens (primary N) is 1. The third-order valence-electron chi connectivity index (χ3n) is 1.86. The molecule has 68 valence electrons. The number of halogens is 2. The number of nitrogen functional groups attached to an aromatic ring is 1. The van der Waals surface area contributed by atoms with Gasteiger partial charge in [-0.15, -0.1) is 22.9 Å². The molecule has 0 aliphatic carbocycles. The van der Waals surface area contributed by atoms with Gasteiger partial charge in [-0.2, -0.15) is 0 Å². The molecule has 0 aliphatic heterocycles. The number of thiophene rings is 1. The Kier molecular flexibility index (Phi) is 2.67. The molecular formula is C9H7ClINS. The predicted octanol–water partition coefficient (Wildman–Crippen LogP) is 3.83. The molecule has 0 fully saturated rings. The fourth-order valence-corrected chi connectivity index (χ4v) is 3.44. The van der Waals surface area contributed by atoms with Gasteiger partial charge in [0.15, 0.2) is 0 Å². The van der Waals surface area contributed by atoms with Crippen molar-refractivity contribution in [3.05, 3.63) is 26.6 Å². The van der Waals surface area contributed by atoms with E-state index in [0.717, 1.165) is 11.3 Å². The predicted molar refractivity (Wildman–Crippen MR) is 68.5 cm³/mol. The number of rotatable bonds is 1. The Morgan fingerprint density at radius 1 is 1.38 bits per heavy atom. The number of fused-ring (bicyclic) bond motifs is 1. The Balaban J connectivity index is 2.80. The minimum atomic E-state index is 0.522. The largest absolute Gasteiger partial charge is 0.399 e. The van der Waals surface area contributed by atoms with Crippen LogP contribution in [0, 0.1) is 2.88 Å². The van der Waals surface area contributed by atoms with Gasteiger partial charge in [0.2, 0.25) is 0 Å². The summed E-state index contributed by atoms with van der Waals surface area (Å²) in [6.07, 6.45) is 0. The van der Waals surface area contributed by atoms with Crippen LogP contribution in [-0.2, 0) is 5.88 Å². The summed E-state index contributed by atoms with van der Waals surface area (Å²) in [4.78, 5) is 0. The summed E-state index contributed by atoms with van der Waals surface area (Å²) < 4.78 is 2.49. The molecule has 0 unspecified atom stereocenters. The van der Waals surface area contributed by atoms with Crippen molar-refractivity contribution in [3.63, 3.8) is 0 Å². The van der Waals surface area contributed by atoms with E-state index in [1.807, 2.05) is 12.1 Å². The summed E-state index contributed by atoms with van der Waals surface area (Å²) in [5.74, 6) is 0.522. The van der Waals surface area contributed by atoms with Gasteiger partial charge in [-0.25, -0.2) is 0 Å². The van der Waals surface area contributed by atoms with E-state index in [1.165, 1.54) is 13.0 Å². The standard InChI is InChI=1S/C9H7ClINS/c10-4-5-1-6(12)2-8-7(5)3-9(11)13-8/h1-3H,4,12H2. The number of hydrogen-bond acceptors (Lipinski definition) is 2. The van der Waals surface area contributed by atoms with Gasteiger partial charge < -0.3 is 5.73 Å². The second-order valence-corrected chi connectivity index (χ2v) is 6.02. The molecule has 4 heteroatoms. The van der Waals surface area contributed by atoms with Crippen molar-refractivity contribution in [3.8, 4) is 0 Å². The fourth-order valence-electron chi connectivity index (χ4n) is 1.31. The SMILES string of the molecule is Nc1cc(CCl)c2cc(I)sc2c1. The third-order valence-corrected chi connectivity index (χ3v) is 3.99. The number of hydrogen-bond donors (Lipinski definition) is 1. The molecular weight excluding hydrogens is 317 g/mol. The summed E-state index contributed by atoms with van der Waals surface area (Å²) in [5.41, 5.74) is 7.67. The molecule has 2 N–H and O–H groups in total. The second-order valence-electron chi connectivity index (χ2n) is 2.78. The smallest absolute Gasteiger partial charge is 0.0666 e. The van der Waals surface area contributed by atoms with Gasteiger partial charge in [0.1, 0.15) is 0 Å². The van der Waals surface area contributed by atoms with E-state index in [-0.39, 0.29) is 0 Å². The minimum absolute atomic E-state index is 0.522. The van der Waals surface area contributed by atoms with Crippen molar-refractivity contribution >= 4 is 61.3 Å². The van der Waals surface area contributed by atoms with Gasteiger partial charge in [0.05, 0.1) is 2.88 Å². The van der Waals surface area contributed by atoms with Crippen molar-refractivity contribution in [2.45, 2.75) is 5.88 Å². The van der Waals surface area contributed by atoms with Crippen molar-refractivity contribution in [1.82, 2.24) is 0 Å². The number of benzene rings is 1. The molecule has 1 aromatic carbocycles. The van der Waals surface area contributed by atoms with Crippen LogP contribution in [0.25, 0.3) is 10.1 Å². The highest BCUT2D eigenvalue weighted by Gasteiger charge is 2.05. The van der Waals surface area contributed by atoms with Crippen molar-refractivity contribution in [2.75, 3.05) is 5.73 Å². The molecule has 0 saturated carbocycles. The van der Waals surface area contributed by atoms with Crippen LogP contribution in [0.5, 0.6) is 0 Å². The van der Waals surface area contributed by atoms with E-state index >= 15 is 0 Å².